The molecule has 0 spiro atoms. The molecule has 5 nitrogen and oxygen atoms in total. The summed E-state index contributed by atoms with van der Waals surface area (Å²) in [6, 6.07) is 0.382. The first-order valence-corrected chi connectivity index (χ1v) is 7.07. The average Bonchev–Trinajstić information content (AvgIpc) is 2.61. The van der Waals surface area contributed by atoms with Crippen LogP contribution in [-0.2, 0) is 4.74 Å². The van der Waals surface area contributed by atoms with E-state index in [1.54, 1.807) is 0 Å². The Kier molecular flexibility index (Phi) is 3.97. The van der Waals surface area contributed by atoms with Gasteiger partial charge in [-0.3, -0.25) is 0 Å². The maximum Gasteiger partial charge on any atom is 0.197 e. The summed E-state index contributed by atoms with van der Waals surface area (Å²) in [5.74, 6) is 1.16. The minimum atomic E-state index is -0.0715. The van der Waals surface area contributed by atoms with Gasteiger partial charge in [0.15, 0.2) is 16.6 Å². The van der Waals surface area contributed by atoms with Crippen molar-refractivity contribution in [3.63, 3.8) is 0 Å². The molecule has 2 heterocycles. The third-order valence-electron chi connectivity index (χ3n) is 3.00. The van der Waals surface area contributed by atoms with E-state index in [9.17, 15) is 0 Å². The molecule has 0 bridgehead atoms. The van der Waals surface area contributed by atoms with Gasteiger partial charge in [0.05, 0.1) is 12.2 Å². The van der Waals surface area contributed by atoms with Crippen molar-refractivity contribution in [2.75, 3.05) is 24.3 Å². The normalized spacial score (nSPS) is 22.7. The molecule has 1 aliphatic rings. The van der Waals surface area contributed by atoms with Crippen LogP contribution in [0.15, 0.2) is 0 Å². The molecule has 1 aromatic heterocycles. The number of nitrogens with zero attached hydrogens (tertiary/aromatic N) is 1. The molecule has 1 unspecified atom stereocenters. The van der Waals surface area contributed by atoms with E-state index in [1.807, 2.05) is 6.92 Å². The summed E-state index contributed by atoms with van der Waals surface area (Å²) < 4.78 is 15.4. The molecule has 1 atom stereocenters. The fraction of sp³-hybridized carbons (Fsp3) is 0.750. The zero-order chi connectivity index (χ0) is 13.2. The summed E-state index contributed by atoms with van der Waals surface area (Å²) in [6.45, 7) is 7.55. The molecule has 1 saturated heterocycles. The number of nitrogen functional groups attached to an aromatic ring is 1. The highest BCUT2D eigenvalue weighted by Crippen LogP contribution is 2.37. The van der Waals surface area contributed by atoms with Gasteiger partial charge in [-0.25, -0.2) is 0 Å². The van der Waals surface area contributed by atoms with Gasteiger partial charge >= 0.3 is 0 Å². The van der Waals surface area contributed by atoms with Gasteiger partial charge in [-0.2, -0.15) is 4.37 Å². The number of rotatable bonds is 4. The van der Waals surface area contributed by atoms with Gasteiger partial charge in [0.25, 0.3) is 0 Å². The lowest BCUT2D eigenvalue weighted by molar-refractivity contribution is -0.0553. The SMILES string of the molecule is CCOc1c(N)nsc1NC1CCOC(C)(C)C1. The van der Waals surface area contributed by atoms with Crippen LogP contribution >= 0.6 is 11.5 Å². The fourth-order valence-corrected chi connectivity index (χ4v) is 2.95. The highest BCUT2D eigenvalue weighted by atomic mass is 32.1. The number of anilines is 2. The predicted octanol–water partition coefficient (Wildman–Crippen LogP) is 2.49. The fourth-order valence-electron chi connectivity index (χ4n) is 2.21. The second-order valence-corrected chi connectivity index (χ2v) is 5.87. The summed E-state index contributed by atoms with van der Waals surface area (Å²) in [7, 11) is 0. The number of ether oxygens (including phenoxy) is 2. The number of hydrogen-bond acceptors (Lipinski definition) is 6. The van der Waals surface area contributed by atoms with E-state index in [-0.39, 0.29) is 5.60 Å². The van der Waals surface area contributed by atoms with Crippen molar-refractivity contribution in [2.45, 2.75) is 45.3 Å². The molecule has 2 rings (SSSR count). The van der Waals surface area contributed by atoms with Crippen LogP contribution in [0.3, 0.4) is 0 Å². The second kappa shape index (κ2) is 5.32. The van der Waals surface area contributed by atoms with Gasteiger partial charge in [-0.1, -0.05) is 0 Å². The van der Waals surface area contributed by atoms with Crippen molar-refractivity contribution in [2.24, 2.45) is 0 Å². The third kappa shape index (κ3) is 3.05. The molecule has 0 aromatic carbocycles. The van der Waals surface area contributed by atoms with E-state index in [0.29, 0.717) is 24.2 Å². The molecule has 3 N–H and O–H groups in total. The first kappa shape index (κ1) is 13.4. The quantitative estimate of drug-likeness (QED) is 0.880. The number of aromatic nitrogens is 1. The van der Waals surface area contributed by atoms with Gasteiger partial charge in [0.2, 0.25) is 0 Å². The van der Waals surface area contributed by atoms with Crippen LogP contribution in [0.4, 0.5) is 10.8 Å². The zero-order valence-corrected chi connectivity index (χ0v) is 12.0. The Morgan fingerprint density at radius 3 is 3.06 bits per heavy atom. The van der Waals surface area contributed by atoms with Crippen molar-refractivity contribution in [1.29, 1.82) is 0 Å². The first-order valence-electron chi connectivity index (χ1n) is 6.30. The molecular formula is C12H21N3O2S. The molecule has 6 heteroatoms. The minimum Gasteiger partial charge on any atom is -0.487 e. The highest BCUT2D eigenvalue weighted by molar-refractivity contribution is 7.11. The standard InChI is InChI=1S/C12H21N3O2S/c1-4-16-9-10(13)15-18-11(9)14-8-5-6-17-12(2,3)7-8/h8,14H,4-7H2,1-3H3,(H2,13,15). The van der Waals surface area contributed by atoms with Crippen LogP contribution in [0.2, 0.25) is 0 Å². The van der Waals surface area contributed by atoms with Crippen LogP contribution in [0.25, 0.3) is 0 Å². The summed E-state index contributed by atoms with van der Waals surface area (Å²) in [6.07, 6.45) is 1.96. The molecule has 102 valence electrons. The van der Waals surface area contributed by atoms with E-state index in [2.05, 4.69) is 23.5 Å². The van der Waals surface area contributed by atoms with Crippen molar-refractivity contribution >= 4 is 22.4 Å². The van der Waals surface area contributed by atoms with E-state index in [0.717, 1.165) is 24.4 Å². The number of nitrogens with one attached hydrogen (secondary N) is 1. The Bertz CT molecular complexity index is 406. The Labute approximate surface area is 112 Å². The lowest BCUT2D eigenvalue weighted by Gasteiger charge is -2.36. The molecule has 1 aromatic rings. The summed E-state index contributed by atoms with van der Waals surface area (Å²) in [5.41, 5.74) is 5.72. The Morgan fingerprint density at radius 2 is 2.39 bits per heavy atom. The molecule has 18 heavy (non-hydrogen) atoms. The molecular weight excluding hydrogens is 250 g/mol. The lowest BCUT2D eigenvalue weighted by atomic mass is 9.94. The Morgan fingerprint density at radius 1 is 1.61 bits per heavy atom. The maximum absolute atomic E-state index is 5.80. The number of nitrogens with two attached hydrogens (primary N) is 1. The van der Waals surface area contributed by atoms with Crippen LogP contribution in [0.5, 0.6) is 5.75 Å². The third-order valence-corrected chi connectivity index (χ3v) is 3.77. The van der Waals surface area contributed by atoms with Crippen LogP contribution in [0.1, 0.15) is 33.6 Å². The summed E-state index contributed by atoms with van der Waals surface area (Å²) in [5, 5.41) is 4.41. The average molecular weight is 271 g/mol. The smallest absolute Gasteiger partial charge is 0.197 e. The van der Waals surface area contributed by atoms with Crippen molar-refractivity contribution in [1.82, 2.24) is 4.37 Å². The summed E-state index contributed by atoms with van der Waals surface area (Å²) in [4.78, 5) is 0. The lowest BCUT2D eigenvalue weighted by Crippen LogP contribution is -2.40. The van der Waals surface area contributed by atoms with E-state index in [1.165, 1.54) is 11.5 Å². The topological polar surface area (TPSA) is 69.4 Å². The molecule has 1 aliphatic heterocycles. The van der Waals surface area contributed by atoms with Gasteiger partial charge in [0.1, 0.15) is 0 Å². The van der Waals surface area contributed by atoms with E-state index >= 15 is 0 Å². The molecule has 0 amide bonds. The Balaban J connectivity index is 2.05. The largest absolute Gasteiger partial charge is 0.487 e. The van der Waals surface area contributed by atoms with Crippen LogP contribution < -0.4 is 15.8 Å². The molecule has 0 radical (unpaired) electrons. The molecule has 0 aliphatic carbocycles. The first-order chi connectivity index (χ1) is 8.52. The predicted molar refractivity (Wildman–Crippen MR) is 74.4 cm³/mol. The van der Waals surface area contributed by atoms with Gasteiger partial charge < -0.3 is 20.5 Å². The van der Waals surface area contributed by atoms with Gasteiger partial charge in [0, 0.05) is 12.6 Å². The van der Waals surface area contributed by atoms with Gasteiger partial charge in [-0.15, -0.1) is 0 Å². The van der Waals surface area contributed by atoms with Crippen molar-refractivity contribution < 1.29 is 9.47 Å². The van der Waals surface area contributed by atoms with Crippen LogP contribution in [-0.4, -0.2) is 29.2 Å². The van der Waals surface area contributed by atoms with Crippen molar-refractivity contribution in [3.05, 3.63) is 0 Å². The van der Waals surface area contributed by atoms with Gasteiger partial charge in [-0.05, 0) is 45.1 Å². The zero-order valence-electron chi connectivity index (χ0n) is 11.2. The van der Waals surface area contributed by atoms with Crippen LogP contribution in [0, 0.1) is 0 Å². The van der Waals surface area contributed by atoms with E-state index < -0.39 is 0 Å². The second-order valence-electron chi connectivity index (χ2n) is 5.10. The molecule has 1 fully saturated rings. The minimum absolute atomic E-state index is 0.0715. The summed E-state index contributed by atoms with van der Waals surface area (Å²) >= 11 is 1.36. The maximum atomic E-state index is 5.80. The molecule has 0 saturated carbocycles. The Hall–Kier alpha value is -1.01. The van der Waals surface area contributed by atoms with Crippen molar-refractivity contribution in [3.8, 4) is 5.75 Å². The highest BCUT2D eigenvalue weighted by Gasteiger charge is 2.29. The van der Waals surface area contributed by atoms with E-state index in [4.69, 9.17) is 15.2 Å². The number of hydrogen-bond donors (Lipinski definition) is 2. The monoisotopic (exact) mass is 271 g/mol.